The number of hydrogen-bond acceptors (Lipinski definition) is 5. The molecule has 0 atom stereocenters. The van der Waals surface area contributed by atoms with Crippen molar-refractivity contribution in [3.05, 3.63) is 5.89 Å². The maximum absolute atomic E-state index is 10.9. The number of amides is 1. The molecule has 0 saturated carbocycles. The zero-order chi connectivity index (χ0) is 8.27. The van der Waals surface area contributed by atoms with Crippen LogP contribution in [0.4, 0.5) is 0 Å². The van der Waals surface area contributed by atoms with Gasteiger partial charge in [-0.05, 0) is 6.92 Å². The predicted molar refractivity (Wildman–Crippen MR) is 39.6 cm³/mol. The summed E-state index contributed by atoms with van der Waals surface area (Å²) in [5.41, 5.74) is 0. The van der Waals surface area contributed by atoms with Crippen molar-refractivity contribution >= 4 is 18.5 Å². The first-order valence-electron chi connectivity index (χ1n) is 3.04. The molecule has 6 heteroatoms. The number of carbonyl (C=O) groups is 1. The lowest BCUT2D eigenvalue weighted by molar-refractivity contribution is 0.0916. The van der Waals surface area contributed by atoms with Crippen LogP contribution in [0.25, 0.3) is 0 Å². The van der Waals surface area contributed by atoms with Crippen molar-refractivity contribution in [3.63, 3.8) is 0 Å². The fourth-order valence-electron chi connectivity index (χ4n) is 0.543. The Labute approximate surface area is 68.6 Å². The molecule has 0 fully saturated rings. The Bertz CT molecular complexity index is 260. The van der Waals surface area contributed by atoms with E-state index in [0.29, 0.717) is 6.54 Å². The molecule has 1 amide bonds. The van der Waals surface area contributed by atoms with E-state index in [1.807, 2.05) is 0 Å². The summed E-state index contributed by atoms with van der Waals surface area (Å²) >= 11 is 3.75. The average Bonchev–Trinajstić information content (AvgIpc) is 2.36. The standard InChI is InChI=1S/C5H7N3O2S/c1-2-6-3(9)4-7-8-5(11)10-4/h2H2,1H3,(H,6,9)(H,8,11). The molecule has 0 aliphatic carbocycles. The first-order valence-corrected chi connectivity index (χ1v) is 3.49. The number of nitrogens with one attached hydrogen (secondary N) is 1. The van der Waals surface area contributed by atoms with Gasteiger partial charge in [0, 0.05) is 6.54 Å². The van der Waals surface area contributed by atoms with Gasteiger partial charge >= 0.3 is 11.8 Å². The lowest BCUT2D eigenvalue weighted by Crippen LogP contribution is -2.22. The van der Waals surface area contributed by atoms with Gasteiger partial charge in [0.15, 0.2) is 0 Å². The molecule has 0 aliphatic rings. The van der Waals surface area contributed by atoms with E-state index < -0.39 is 0 Å². The molecule has 1 rings (SSSR count). The van der Waals surface area contributed by atoms with Crippen molar-refractivity contribution in [1.29, 1.82) is 0 Å². The summed E-state index contributed by atoms with van der Waals surface area (Å²) in [5.74, 6) is -0.433. The van der Waals surface area contributed by atoms with Crippen LogP contribution in [0.5, 0.6) is 0 Å². The van der Waals surface area contributed by atoms with E-state index in [1.54, 1.807) is 6.92 Å². The van der Waals surface area contributed by atoms with Crippen molar-refractivity contribution in [1.82, 2.24) is 15.5 Å². The van der Waals surface area contributed by atoms with Gasteiger partial charge < -0.3 is 9.73 Å². The second-order valence-corrected chi connectivity index (χ2v) is 2.13. The van der Waals surface area contributed by atoms with Gasteiger partial charge in [-0.2, -0.15) is 0 Å². The third-order valence-corrected chi connectivity index (χ3v) is 1.13. The highest BCUT2D eigenvalue weighted by Crippen LogP contribution is 2.02. The molecule has 0 bridgehead atoms. The Morgan fingerprint density at radius 2 is 2.45 bits per heavy atom. The topological polar surface area (TPSA) is 68.0 Å². The van der Waals surface area contributed by atoms with Crippen LogP contribution >= 0.6 is 12.6 Å². The summed E-state index contributed by atoms with van der Waals surface area (Å²) < 4.78 is 4.73. The van der Waals surface area contributed by atoms with Gasteiger partial charge in [0.2, 0.25) is 0 Å². The van der Waals surface area contributed by atoms with Gasteiger partial charge in [-0.15, -0.1) is 10.2 Å². The largest absolute Gasteiger partial charge is 0.407 e. The highest BCUT2D eigenvalue weighted by molar-refractivity contribution is 7.80. The smallest absolute Gasteiger partial charge is 0.308 e. The van der Waals surface area contributed by atoms with Crippen LogP contribution in [0.1, 0.15) is 17.6 Å². The van der Waals surface area contributed by atoms with Crippen LogP contribution in [-0.2, 0) is 0 Å². The first-order chi connectivity index (χ1) is 5.24. The van der Waals surface area contributed by atoms with E-state index in [9.17, 15) is 4.79 Å². The third kappa shape index (κ3) is 1.94. The van der Waals surface area contributed by atoms with Crippen molar-refractivity contribution in [2.24, 2.45) is 0 Å². The normalized spacial score (nSPS) is 9.64. The van der Waals surface area contributed by atoms with E-state index in [0.717, 1.165) is 0 Å². The van der Waals surface area contributed by atoms with E-state index in [1.165, 1.54) is 0 Å². The summed E-state index contributed by atoms with van der Waals surface area (Å²) in [5, 5.41) is 9.43. The van der Waals surface area contributed by atoms with Crippen LogP contribution in [0.2, 0.25) is 0 Å². The van der Waals surface area contributed by atoms with Crippen molar-refractivity contribution in [2.45, 2.75) is 12.1 Å². The minimum Gasteiger partial charge on any atom is -0.407 e. The fourth-order valence-corrected chi connectivity index (χ4v) is 0.675. The Morgan fingerprint density at radius 1 is 1.73 bits per heavy atom. The van der Waals surface area contributed by atoms with Crippen molar-refractivity contribution < 1.29 is 9.21 Å². The summed E-state index contributed by atoms with van der Waals surface area (Å²) in [4.78, 5) is 10.9. The molecule has 5 nitrogen and oxygen atoms in total. The number of rotatable bonds is 2. The molecule has 0 unspecified atom stereocenters. The lowest BCUT2D eigenvalue weighted by Gasteiger charge is -1.93. The van der Waals surface area contributed by atoms with Gasteiger partial charge in [-0.1, -0.05) is 12.6 Å². The zero-order valence-electron chi connectivity index (χ0n) is 5.87. The van der Waals surface area contributed by atoms with Gasteiger partial charge in [0.05, 0.1) is 0 Å². The monoisotopic (exact) mass is 173 g/mol. The molecular weight excluding hydrogens is 166 g/mol. The molecule has 60 valence electrons. The number of hydrogen-bond donors (Lipinski definition) is 2. The van der Waals surface area contributed by atoms with Crippen molar-refractivity contribution in [3.8, 4) is 0 Å². The number of aromatic nitrogens is 2. The highest BCUT2D eigenvalue weighted by Gasteiger charge is 2.11. The maximum Gasteiger partial charge on any atom is 0.308 e. The second kappa shape index (κ2) is 3.38. The quantitative estimate of drug-likeness (QED) is 0.623. The van der Waals surface area contributed by atoms with Crippen molar-refractivity contribution in [2.75, 3.05) is 6.54 Å². The fraction of sp³-hybridized carbons (Fsp3) is 0.400. The van der Waals surface area contributed by atoms with Crippen LogP contribution in [0.3, 0.4) is 0 Å². The summed E-state index contributed by atoms with van der Waals surface area (Å²) in [6.45, 7) is 2.33. The summed E-state index contributed by atoms with van der Waals surface area (Å²) in [7, 11) is 0. The molecule has 1 aromatic heterocycles. The molecular formula is C5H7N3O2S. The highest BCUT2D eigenvalue weighted by atomic mass is 32.1. The lowest BCUT2D eigenvalue weighted by atomic mass is 10.6. The molecule has 1 aromatic rings. The maximum atomic E-state index is 10.9. The van der Waals surface area contributed by atoms with Gasteiger partial charge in [0.25, 0.3) is 5.22 Å². The minimum atomic E-state index is -0.375. The van der Waals surface area contributed by atoms with Crippen LogP contribution in [0.15, 0.2) is 9.64 Å². The van der Waals surface area contributed by atoms with Gasteiger partial charge in [-0.25, -0.2) is 0 Å². The molecule has 1 heterocycles. The minimum absolute atomic E-state index is 0.0585. The van der Waals surface area contributed by atoms with E-state index in [4.69, 9.17) is 4.42 Å². The van der Waals surface area contributed by atoms with Gasteiger partial charge in [-0.3, -0.25) is 4.79 Å². The molecule has 0 saturated heterocycles. The van der Waals surface area contributed by atoms with E-state index in [-0.39, 0.29) is 17.0 Å². The van der Waals surface area contributed by atoms with Crippen LogP contribution < -0.4 is 5.32 Å². The summed E-state index contributed by atoms with van der Waals surface area (Å²) in [6.07, 6.45) is 0. The number of thiol groups is 1. The second-order valence-electron chi connectivity index (χ2n) is 1.75. The zero-order valence-corrected chi connectivity index (χ0v) is 6.76. The average molecular weight is 173 g/mol. The number of nitrogens with zero attached hydrogens (tertiary/aromatic N) is 2. The Balaban J connectivity index is 2.69. The molecule has 0 radical (unpaired) electrons. The summed E-state index contributed by atoms with van der Waals surface area (Å²) in [6, 6.07) is 0. The Hall–Kier alpha value is -1.04. The van der Waals surface area contributed by atoms with E-state index >= 15 is 0 Å². The predicted octanol–water partition coefficient (Wildman–Crippen LogP) is 0.108. The molecule has 1 N–H and O–H groups in total. The SMILES string of the molecule is CCNC(=O)c1nnc(S)o1. The van der Waals surface area contributed by atoms with Crippen LogP contribution in [-0.4, -0.2) is 22.6 Å². The molecule has 0 aromatic carbocycles. The number of carbonyl (C=O) groups excluding carboxylic acids is 1. The first kappa shape index (κ1) is 8.06. The molecule has 0 aliphatic heterocycles. The molecule has 11 heavy (non-hydrogen) atoms. The third-order valence-electron chi connectivity index (χ3n) is 0.946. The molecule has 0 spiro atoms. The van der Waals surface area contributed by atoms with Crippen LogP contribution in [0, 0.1) is 0 Å². The van der Waals surface area contributed by atoms with Gasteiger partial charge in [0.1, 0.15) is 0 Å². The van der Waals surface area contributed by atoms with E-state index in [2.05, 4.69) is 28.1 Å². The Morgan fingerprint density at radius 3 is 2.91 bits per heavy atom. The Kier molecular flexibility index (Phi) is 2.48.